The van der Waals surface area contributed by atoms with Gasteiger partial charge in [-0.05, 0) is 73.2 Å². The topological polar surface area (TPSA) is 40.5 Å². The van der Waals surface area contributed by atoms with Gasteiger partial charge in [0, 0.05) is 43.1 Å². The Morgan fingerprint density at radius 1 is 0.696 bits per heavy atom. The Morgan fingerprint density at radius 2 is 1.09 bits per heavy atom. The maximum Gasteiger partial charge on any atom is 0.121 e. The van der Waals surface area contributed by atoms with Crippen LogP contribution in [-0.2, 0) is 5.41 Å². The maximum atomic E-state index is 10.2. The van der Waals surface area contributed by atoms with Gasteiger partial charge >= 0.3 is 0 Å². The molecule has 2 nitrogen and oxygen atoms in total. The Kier molecular flexibility index (Phi) is 7.61. The van der Waals surface area contributed by atoms with Gasteiger partial charge in [0.15, 0.2) is 0 Å². The van der Waals surface area contributed by atoms with Crippen LogP contribution in [0.4, 0.5) is 0 Å². The van der Waals surface area contributed by atoms with E-state index in [9.17, 15) is 10.2 Å². The third-order valence-electron chi connectivity index (χ3n) is 4.80. The zero-order valence-corrected chi connectivity index (χ0v) is 15.7. The van der Waals surface area contributed by atoms with E-state index in [4.69, 9.17) is 0 Å². The molecule has 2 rings (SSSR count). The van der Waals surface area contributed by atoms with Crippen LogP contribution in [0.5, 0.6) is 11.5 Å². The van der Waals surface area contributed by atoms with Crippen LogP contribution in [0.25, 0.3) is 0 Å². The van der Waals surface area contributed by atoms with Crippen LogP contribution >= 0.6 is 0 Å². The summed E-state index contributed by atoms with van der Waals surface area (Å²) in [6.07, 6.45) is 0. The molecule has 0 amide bonds. The van der Waals surface area contributed by atoms with E-state index < -0.39 is 0 Å². The van der Waals surface area contributed by atoms with Gasteiger partial charge in [-0.25, -0.2) is 0 Å². The molecule has 0 spiro atoms. The minimum Gasteiger partial charge on any atom is -0.508 e. The molecule has 114 valence electrons. The molecule has 23 heavy (non-hydrogen) atoms. The summed E-state index contributed by atoms with van der Waals surface area (Å²) in [5.41, 5.74) is 6.37. The fourth-order valence-electron chi connectivity index (χ4n) is 3.25. The number of hydrogen-bond acceptors (Lipinski definition) is 2. The van der Waals surface area contributed by atoms with Crippen LogP contribution in [0.1, 0.15) is 47.2 Å². The molecule has 4 heteroatoms. The molecule has 0 aromatic heterocycles. The average molecular weight is 298 g/mol. The third-order valence-corrected chi connectivity index (χ3v) is 4.80. The number of phenolic OH excluding ortho intramolecular Hbond substituents is 2. The summed E-state index contributed by atoms with van der Waals surface area (Å²) in [5, 5.41) is 19.7. The summed E-state index contributed by atoms with van der Waals surface area (Å²) in [4.78, 5) is 0. The molecule has 0 saturated heterocycles. The van der Waals surface area contributed by atoms with Gasteiger partial charge in [0.1, 0.15) is 11.5 Å². The van der Waals surface area contributed by atoms with E-state index in [2.05, 4.69) is 27.7 Å². The average Bonchev–Trinajstić information content (AvgIpc) is 2.43. The van der Waals surface area contributed by atoms with Crippen LogP contribution in [0.15, 0.2) is 24.3 Å². The minimum atomic E-state index is -0.189. The van der Waals surface area contributed by atoms with Crippen molar-refractivity contribution < 1.29 is 10.2 Å². The third kappa shape index (κ3) is 3.84. The van der Waals surface area contributed by atoms with Crippen molar-refractivity contribution >= 4 is 37.7 Å². The van der Waals surface area contributed by atoms with Crippen molar-refractivity contribution in [3.63, 3.8) is 0 Å². The Hall–Kier alpha value is -0.765. The van der Waals surface area contributed by atoms with E-state index in [0.29, 0.717) is 5.75 Å². The Bertz CT molecular complexity index is 661. The smallest absolute Gasteiger partial charge is 0.121 e. The zero-order chi connectivity index (χ0) is 15.9. The van der Waals surface area contributed by atoms with Crippen LogP contribution < -0.4 is 0 Å². The largest absolute Gasteiger partial charge is 0.508 e. The molecule has 2 aromatic rings. The first kappa shape index (κ1) is 22.2. The van der Waals surface area contributed by atoms with Gasteiger partial charge in [0.2, 0.25) is 0 Å². The van der Waals surface area contributed by atoms with Crippen molar-refractivity contribution in [2.75, 3.05) is 0 Å². The van der Waals surface area contributed by atoms with Crippen LogP contribution in [0.3, 0.4) is 0 Å². The second-order valence-electron chi connectivity index (χ2n) is 6.40. The van der Waals surface area contributed by atoms with Crippen LogP contribution in [-0.4, -0.2) is 47.9 Å². The summed E-state index contributed by atoms with van der Waals surface area (Å²) in [7, 11) is 0. The molecule has 0 atom stereocenters. The van der Waals surface area contributed by atoms with Crippen molar-refractivity contribution in [2.45, 2.75) is 47.0 Å². The zero-order valence-electron chi connectivity index (χ0n) is 15.7. The monoisotopic (exact) mass is 298 g/mol. The fraction of sp³-hybridized carbons (Fsp3) is 0.368. The number of hydrogen-bond donors (Lipinski definition) is 2. The SMILES string of the molecule is Cc1c(C)c(C(C)(C)c2ccc(O)cc2)c(C)c(C)c1O.[Li].[Li]. The molecule has 0 heterocycles. The van der Waals surface area contributed by atoms with E-state index in [-0.39, 0.29) is 48.9 Å². The van der Waals surface area contributed by atoms with Crippen molar-refractivity contribution in [1.29, 1.82) is 0 Å². The first-order valence-electron chi connectivity index (χ1n) is 7.27. The summed E-state index contributed by atoms with van der Waals surface area (Å²) in [6.45, 7) is 12.4. The number of benzene rings is 2. The molecule has 0 aliphatic heterocycles. The van der Waals surface area contributed by atoms with E-state index in [0.717, 1.165) is 27.8 Å². The van der Waals surface area contributed by atoms with E-state index >= 15 is 0 Å². The molecule has 0 aliphatic carbocycles. The summed E-state index contributed by atoms with van der Waals surface area (Å²) >= 11 is 0. The summed E-state index contributed by atoms with van der Waals surface area (Å²) in [6, 6.07) is 7.38. The number of phenols is 2. The van der Waals surface area contributed by atoms with E-state index in [1.54, 1.807) is 12.1 Å². The summed E-state index contributed by atoms with van der Waals surface area (Å²) < 4.78 is 0. The second kappa shape index (κ2) is 7.87. The number of rotatable bonds is 2. The maximum absolute atomic E-state index is 10.2. The Balaban J connectivity index is 0.00000242. The van der Waals surface area contributed by atoms with Gasteiger partial charge < -0.3 is 10.2 Å². The van der Waals surface area contributed by atoms with Gasteiger partial charge in [0.05, 0.1) is 0 Å². The molecular formula is C19H24Li2O2. The minimum absolute atomic E-state index is 0. The molecule has 0 saturated carbocycles. The van der Waals surface area contributed by atoms with Crippen molar-refractivity contribution in [3.8, 4) is 11.5 Å². The standard InChI is InChI=1S/C19H24O2.2Li/c1-11-13(3)18(21)14(4)12(2)17(11)19(5,6)15-7-9-16(20)10-8-15;;/h7-10,20-21H,1-6H3;;. The molecule has 2 aromatic carbocycles. The first-order valence-corrected chi connectivity index (χ1v) is 7.27. The second-order valence-corrected chi connectivity index (χ2v) is 6.40. The van der Waals surface area contributed by atoms with E-state index in [1.807, 2.05) is 26.0 Å². The van der Waals surface area contributed by atoms with Gasteiger partial charge in [0.25, 0.3) is 0 Å². The van der Waals surface area contributed by atoms with Crippen molar-refractivity contribution in [2.24, 2.45) is 0 Å². The van der Waals surface area contributed by atoms with Crippen LogP contribution in [0.2, 0.25) is 0 Å². The van der Waals surface area contributed by atoms with E-state index in [1.165, 1.54) is 5.56 Å². The van der Waals surface area contributed by atoms with Gasteiger partial charge in [-0.2, -0.15) is 0 Å². The molecule has 0 fully saturated rings. The molecule has 2 radical (unpaired) electrons. The molecule has 2 N–H and O–H groups in total. The predicted molar refractivity (Wildman–Crippen MR) is 98.8 cm³/mol. The predicted octanol–water partition coefficient (Wildman–Crippen LogP) is 3.90. The van der Waals surface area contributed by atoms with Crippen molar-refractivity contribution in [1.82, 2.24) is 0 Å². The first-order chi connectivity index (χ1) is 9.67. The quantitative estimate of drug-likeness (QED) is 0.826. The summed E-state index contributed by atoms with van der Waals surface area (Å²) in [5.74, 6) is 0.677. The Morgan fingerprint density at radius 3 is 1.48 bits per heavy atom. The van der Waals surface area contributed by atoms with Gasteiger partial charge in [-0.3, -0.25) is 0 Å². The van der Waals surface area contributed by atoms with Gasteiger partial charge in [-0.15, -0.1) is 0 Å². The normalized spacial score (nSPS) is 10.7. The van der Waals surface area contributed by atoms with Crippen LogP contribution in [0, 0.1) is 27.7 Å². The molecular weight excluding hydrogens is 274 g/mol. The van der Waals surface area contributed by atoms with Crippen molar-refractivity contribution in [3.05, 3.63) is 57.6 Å². The number of aromatic hydroxyl groups is 2. The van der Waals surface area contributed by atoms with Gasteiger partial charge in [-0.1, -0.05) is 26.0 Å². The Labute approximate surface area is 163 Å². The molecule has 0 bridgehead atoms. The molecule has 0 aliphatic rings. The molecule has 0 unspecified atom stereocenters. The fourth-order valence-corrected chi connectivity index (χ4v) is 3.25.